The smallest absolute Gasteiger partial charge is 0.163 e. The van der Waals surface area contributed by atoms with E-state index in [9.17, 15) is 5.11 Å². The summed E-state index contributed by atoms with van der Waals surface area (Å²) in [6.45, 7) is 3.72. The van der Waals surface area contributed by atoms with Gasteiger partial charge in [-0.2, -0.15) is 0 Å². The molecule has 0 spiro atoms. The number of aliphatic hydroxyl groups excluding tert-OH is 1. The Kier molecular flexibility index (Phi) is 8.60. The van der Waals surface area contributed by atoms with Gasteiger partial charge in [0.15, 0.2) is 5.82 Å². The highest BCUT2D eigenvalue weighted by Gasteiger charge is 2.27. The second-order valence-electron chi connectivity index (χ2n) is 8.56. The number of ether oxygens (including phenoxy) is 1. The molecule has 1 aliphatic rings. The van der Waals surface area contributed by atoms with Crippen molar-refractivity contribution >= 4 is 34.7 Å². The number of nitrogens with one attached hydrogen (secondary N) is 1. The van der Waals surface area contributed by atoms with Crippen molar-refractivity contribution in [2.75, 3.05) is 32.1 Å². The fourth-order valence-corrected chi connectivity index (χ4v) is 4.55. The molecular formula is C26H29Cl2N7O2. The maximum atomic E-state index is 10.0. The highest BCUT2D eigenvalue weighted by atomic mass is 35.5. The van der Waals surface area contributed by atoms with Crippen LogP contribution < -0.4 is 20.7 Å². The zero-order valence-corrected chi connectivity index (χ0v) is 22.4. The molecule has 9 nitrogen and oxygen atoms in total. The summed E-state index contributed by atoms with van der Waals surface area (Å²) in [6, 6.07) is 9.21. The number of rotatable bonds is 9. The predicted octanol–water partition coefficient (Wildman–Crippen LogP) is 3.44. The van der Waals surface area contributed by atoms with Crippen LogP contribution in [0, 0.1) is 6.92 Å². The Bertz CT molecular complexity index is 1320. The summed E-state index contributed by atoms with van der Waals surface area (Å²) in [5, 5.41) is 13.7. The Labute approximate surface area is 226 Å². The average molecular weight is 542 g/mol. The molecule has 11 heteroatoms. The molecule has 4 rings (SSSR count). The quantitative estimate of drug-likeness (QED) is 0.352. The SMILES string of the molecule is CN=C(C(Cl)=CN)c1nc(-c2cc(OC[C@H](O)CNC)ccc2Cl)nc(N2Cc3cccnc3C2)c1C. The molecule has 3 heterocycles. The molecule has 194 valence electrons. The molecule has 0 bridgehead atoms. The van der Waals surface area contributed by atoms with Crippen molar-refractivity contribution in [3.63, 3.8) is 0 Å². The van der Waals surface area contributed by atoms with E-state index in [4.69, 9.17) is 43.6 Å². The summed E-state index contributed by atoms with van der Waals surface area (Å²) in [6.07, 6.45) is 2.42. The Morgan fingerprint density at radius 1 is 1.32 bits per heavy atom. The van der Waals surface area contributed by atoms with E-state index in [-0.39, 0.29) is 11.6 Å². The minimum Gasteiger partial charge on any atom is -0.491 e. The van der Waals surface area contributed by atoms with E-state index in [1.165, 1.54) is 6.20 Å². The highest BCUT2D eigenvalue weighted by molar-refractivity contribution is 6.46. The molecule has 2 aromatic heterocycles. The number of aromatic nitrogens is 3. The van der Waals surface area contributed by atoms with Gasteiger partial charge in [-0.3, -0.25) is 9.98 Å². The second-order valence-corrected chi connectivity index (χ2v) is 9.38. The summed E-state index contributed by atoms with van der Waals surface area (Å²) in [5.74, 6) is 1.63. The summed E-state index contributed by atoms with van der Waals surface area (Å²) in [7, 11) is 3.40. The molecule has 0 fully saturated rings. The number of fused-ring (bicyclic) bond motifs is 1. The molecule has 3 aromatic rings. The maximum Gasteiger partial charge on any atom is 0.163 e. The topological polar surface area (TPSA) is 122 Å². The van der Waals surface area contributed by atoms with Gasteiger partial charge in [0.25, 0.3) is 0 Å². The van der Waals surface area contributed by atoms with E-state index in [1.807, 2.05) is 13.0 Å². The lowest BCUT2D eigenvalue weighted by Gasteiger charge is -2.22. The number of nitrogens with two attached hydrogens (primary N) is 1. The third kappa shape index (κ3) is 5.86. The zero-order valence-electron chi connectivity index (χ0n) is 20.9. The minimum absolute atomic E-state index is 0.121. The molecular weight excluding hydrogens is 513 g/mol. The van der Waals surface area contributed by atoms with Crippen LogP contribution in [0.1, 0.15) is 22.5 Å². The number of allylic oxidation sites excluding steroid dienone is 1. The third-order valence-corrected chi connectivity index (χ3v) is 6.62. The lowest BCUT2D eigenvalue weighted by molar-refractivity contribution is 0.108. The van der Waals surface area contributed by atoms with Gasteiger partial charge in [0.1, 0.15) is 30.0 Å². The number of hydrogen-bond acceptors (Lipinski definition) is 9. The van der Waals surface area contributed by atoms with Crippen molar-refractivity contribution in [2.24, 2.45) is 10.7 Å². The van der Waals surface area contributed by atoms with E-state index >= 15 is 0 Å². The number of halogens is 2. The predicted molar refractivity (Wildman–Crippen MR) is 147 cm³/mol. The van der Waals surface area contributed by atoms with Crippen molar-refractivity contribution in [3.05, 3.63) is 75.3 Å². The Morgan fingerprint density at radius 3 is 2.84 bits per heavy atom. The van der Waals surface area contributed by atoms with Gasteiger partial charge in [0.05, 0.1) is 28.0 Å². The van der Waals surface area contributed by atoms with Crippen molar-refractivity contribution in [1.82, 2.24) is 20.3 Å². The summed E-state index contributed by atoms with van der Waals surface area (Å²) in [4.78, 5) is 20.8. The first-order chi connectivity index (χ1) is 17.9. The van der Waals surface area contributed by atoms with Crippen LogP contribution in [-0.2, 0) is 13.1 Å². The number of benzene rings is 1. The first-order valence-electron chi connectivity index (χ1n) is 11.7. The van der Waals surface area contributed by atoms with Crippen LogP contribution in [0.2, 0.25) is 5.02 Å². The Balaban J connectivity index is 1.81. The van der Waals surface area contributed by atoms with Gasteiger partial charge in [-0.05, 0) is 43.8 Å². The molecule has 1 aromatic carbocycles. The number of pyridine rings is 1. The van der Waals surface area contributed by atoms with Crippen LogP contribution in [0.5, 0.6) is 5.75 Å². The summed E-state index contributed by atoms with van der Waals surface area (Å²) >= 11 is 13.0. The van der Waals surface area contributed by atoms with Crippen LogP contribution in [0.15, 0.2) is 52.8 Å². The van der Waals surface area contributed by atoms with Gasteiger partial charge in [-0.15, -0.1) is 0 Å². The fraction of sp³-hybridized carbons (Fsp3) is 0.308. The van der Waals surface area contributed by atoms with Gasteiger partial charge < -0.3 is 25.8 Å². The first kappa shape index (κ1) is 26.8. The van der Waals surface area contributed by atoms with Gasteiger partial charge in [-0.25, -0.2) is 9.97 Å². The van der Waals surface area contributed by atoms with Crippen molar-refractivity contribution in [3.8, 4) is 17.1 Å². The van der Waals surface area contributed by atoms with Gasteiger partial charge >= 0.3 is 0 Å². The number of aliphatic imine (C=N–C) groups is 1. The van der Waals surface area contributed by atoms with Crippen molar-refractivity contribution < 1.29 is 9.84 Å². The number of hydrogen-bond donors (Lipinski definition) is 3. The van der Waals surface area contributed by atoms with E-state index in [2.05, 4.69) is 26.3 Å². The third-order valence-electron chi connectivity index (χ3n) is 5.99. The van der Waals surface area contributed by atoms with Gasteiger partial charge in [0.2, 0.25) is 0 Å². The van der Waals surface area contributed by atoms with Gasteiger partial charge in [-0.1, -0.05) is 29.3 Å². The largest absolute Gasteiger partial charge is 0.491 e. The number of likely N-dealkylation sites (N-methyl/N-ethyl adjacent to an activating group) is 1. The molecule has 1 atom stereocenters. The lowest BCUT2D eigenvalue weighted by Crippen LogP contribution is -2.29. The number of nitrogens with zero attached hydrogens (tertiary/aromatic N) is 5. The van der Waals surface area contributed by atoms with Crippen molar-refractivity contribution in [1.29, 1.82) is 0 Å². The number of anilines is 1. The van der Waals surface area contributed by atoms with E-state index in [1.54, 1.807) is 38.5 Å². The van der Waals surface area contributed by atoms with E-state index in [0.717, 1.165) is 16.8 Å². The van der Waals surface area contributed by atoms with Crippen LogP contribution in [0.3, 0.4) is 0 Å². The Hall–Kier alpha value is -3.24. The Morgan fingerprint density at radius 2 is 2.14 bits per heavy atom. The zero-order chi connectivity index (χ0) is 26.5. The van der Waals surface area contributed by atoms with E-state index < -0.39 is 6.10 Å². The summed E-state index contributed by atoms with van der Waals surface area (Å²) < 4.78 is 5.79. The summed E-state index contributed by atoms with van der Waals surface area (Å²) in [5.41, 5.74) is 10.2. The molecule has 1 aliphatic heterocycles. The van der Waals surface area contributed by atoms with Crippen LogP contribution in [-0.4, -0.2) is 59.1 Å². The highest BCUT2D eigenvalue weighted by Crippen LogP contribution is 2.35. The van der Waals surface area contributed by atoms with Crippen molar-refractivity contribution in [2.45, 2.75) is 26.1 Å². The van der Waals surface area contributed by atoms with Crippen LogP contribution in [0.25, 0.3) is 11.4 Å². The lowest BCUT2D eigenvalue weighted by atomic mass is 10.1. The minimum atomic E-state index is -0.656. The average Bonchev–Trinajstić information content (AvgIpc) is 3.33. The molecule has 4 N–H and O–H groups in total. The molecule has 37 heavy (non-hydrogen) atoms. The standard InChI is InChI=1S/C26H29Cl2N7O2/c1-15-23(24(31-3)21(28)10-29)33-25(34-26(15)35-12-16-5-4-8-32-22(16)13-35)19-9-18(6-7-20(19)27)37-14-17(36)11-30-2/h4-10,17,30,36H,11-14,29H2,1-3H3/t17-/m1/s1. The number of aliphatic hydroxyl groups is 1. The van der Waals surface area contributed by atoms with Gasteiger partial charge in [0, 0.05) is 43.7 Å². The second kappa shape index (κ2) is 11.9. The molecule has 0 saturated carbocycles. The molecule has 0 radical (unpaired) electrons. The molecule has 0 amide bonds. The van der Waals surface area contributed by atoms with E-state index in [0.29, 0.717) is 59.0 Å². The first-order valence-corrected chi connectivity index (χ1v) is 12.5. The maximum absolute atomic E-state index is 10.0. The molecule has 0 aliphatic carbocycles. The molecule has 0 saturated heterocycles. The fourth-order valence-electron chi connectivity index (χ4n) is 4.17. The molecule has 0 unspecified atom stereocenters. The normalized spacial score (nSPS) is 14.6. The monoisotopic (exact) mass is 541 g/mol. The van der Waals surface area contributed by atoms with Crippen LogP contribution in [0.4, 0.5) is 5.82 Å². The van der Waals surface area contributed by atoms with Crippen LogP contribution >= 0.6 is 23.2 Å².